The molecular weight excluding hydrogens is 393 g/mol. The van der Waals surface area contributed by atoms with Crippen molar-refractivity contribution in [1.29, 1.82) is 0 Å². The van der Waals surface area contributed by atoms with Gasteiger partial charge in [0.1, 0.15) is 0 Å². The van der Waals surface area contributed by atoms with Crippen molar-refractivity contribution in [2.45, 2.75) is 6.42 Å². The molecule has 0 bridgehead atoms. The lowest BCUT2D eigenvalue weighted by atomic mass is 10.2. The third-order valence-corrected chi connectivity index (χ3v) is 3.64. The lowest BCUT2D eigenvalue weighted by molar-refractivity contribution is -0.131. The van der Waals surface area contributed by atoms with E-state index in [1.807, 2.05) is 23.1 Å². The zero-order valence-electron chi connectivity index (χ0n) is 12.9. The number of piperazine rings is 1. The van der Waals surface area contributed by atoms with Gasteiger partial charge in [0, 0.05) is 51.9 Å². The molecule has 22 heavy (non-hydrogen) atoms. The average Bonchev–Trinajstić information content (AvgIpc) is 2.55. The fourth-order valence-electron chi connectivity index (χ4n) is 2.39. The van der Waals surface area contributed by atoms with Crippen molar-refractivity contribution in [3.63, 3.8) is 0 Å². The molecule has 1 aromatic carbocycles. The molecule has 1 heterocycles. The average molecular weight is 417 g/mol. The van der Waals surface area contributed by atoms with Crippen LogP contribution in [0.25, 0.3) is 0 Å². The lowest BCUT2D eigenvalue weighted by Crippen LogP contribution is -2.49. The molecule has 0 saturated carbocycles. The van der Waals surface area contributed by atoms with E-state index in [1.165, 1.54) is 5.69 Å². The minimum absolute atomic E-state index is 0. The summed E-state index contributed by atoms with van der Waals surface area (Å²) in [5, 5.41) is 2.91. The topological polar surface area (TPSA) is 74.0 Å². The first-order chi connectivity index (χ1) is 10.2. The van der Waals surface area contributed by atoms with Crippen molar-refractivity contribution < 1.29 is 4.79 Å². The molecular formula is C15H24IN5O. The van der Waals surface area contributed by atoms with E-state index < -0.39 is 0 Å². The zero-order chi connectivity index (χ0) is 15.1. The Morgan fingerprint density at radius 2 is 1.86 bits per heavy atom. The summed E-state index contributed by atoms with van der Waals surface area (Å²) >= 11 is 0. The Morgan fingerprint density at radius 3 is 2.45 bits per heavy atom. The van der Waals surface area contributed by atoms with Crippen molar-refractivity contribution in [3.8, 4) is 0 Å². The highest BCUT2D eigenvalue weighted by Crippen LogP contribution is 2.15. The summed E-state index contributed by atoms with van der Waals surface area (Å²) in [6, 6.07) is 10.3. The van der Waals surface area contributed by atoms with Crippen LogP contribution in [0.4, 0.5) is 5.69 Å². The molecule has 1 aromatic rings. The molecule has 0 aromatic heterocycles. The van der Waals surface area contributed by atoms with Crippen LogP contribution in [-0.2, 0) is 4.79 Å². The van der Waals surface area contributed by atoms with Gasteiger partial charge in [0.25, 0.3) is 0 Å². The summed E-state index contributed by atoms with van der Waals surface area (Å²) in [7, 11) is 1.62. The molecule has 0 atom stereocenters. The molecule has 7 heteroatoms. The Morgan fingerprint density at radius 1 is 1.23 bits per heavy atom. The van der Waals surface area contributed by atoms with Gasteiger partial charge < -0.3 is 20.9 Å². The van der Waals surface area contributed by atoms with Crippen LogP contribution >= 0.6 is 24.0 Å². The second kappa shape index (κ2) is 9.50. The number of nitrogens with one attached hydrogen (secondary N) is 1. The maximum atomic E-state index is 12.1. The highest BCUT2D eigenvalue weighted by Gasteiger charge is 2.20. The first-order valence-corrected chi connectivity index (χ1v) is 7.24. The summed E-state index contributed by atoms with van der Waals surface area (Å²) in [6.45, 7) is 3.82. The van der Waals surface area contributed by atoms with Crippen molar-refractivity contribution in [2.75, 3.05) is 44.7 Å². The van der Waals surface area contributed by atoms with E-state index in [-0.39, 0.29) is 29.9 Å². The van der Waals surface area contributed by atoms with Crippen LogP contribution in [0.1, 0.15) is 6.42 Å². The summed E-state index contributed by atoms with van der Waals surface area (Å²) in [4.78, 5) is 20.1. The molecule has 1 aliphatic heterocycles. The fourth-order valence-corrected chi connectivity index (χ4v) is 2.39. The quantitative estimate of drug-likeness (QED) is 0.434. The van der Waals surface area contributed by atoms with Gasteiger partial charge in [-0.2, -0.15) is 0 Å². The molecule has 0 unspecified atom stereocenters. The van der Waals surface area contributed by atoms with E-state index in [1.54, 1.807) is 7.05 Å². The number of anilines is 1. The third kappa shape index (κ3) is 5.36. The van der Waals surface area contributed by atoms with Gasteiger partial charge in [0.05, 0.1) is 0 Å². The van der Waals surface area contributed by atoms with E-state index in [4.69, 9.17) is 5.73 Å². The minimum atomic E-state index is 0. The van der Waals surface area contributed by atoms with E-state index in [9.17, 15) is 4.79 Å². The molecule has 1 amide bonds. The number of para-hydroxylation sites is 1. The van der Waals surface area contributed by atoms with Crippen molar-refractivity contribution >= 4 is 41.5 Å². The van der Waals surface area contributed by atoms with E-state index >= 15 is 0 Å². The molecule has 0 spiro atoms. The van der Waals surface area contributed by atoms with Gasteiger partial charge in [-0.05, 0) is 12.1 Å². The first kappa shape index (κ1) is 18.5. The Bertz CT molecular complexity index is 486. The van der Waals surface area contributed by atoms with E-state index in [2.05, 4.69) is 27.3 Å². The summed E-state index contributed by atoms with van der Waals surface area (Å²) in [5.74, 6) is 0.538. The Balaban J connectivity index is 0.00000242. The van der Waals surface area contributed by atoms with Crippen LogP contribution in [0.3, 0.4) is 0 Å². The Labute approximate surface area is 148 Å². The number of carbonyl (C=O) groups is 1. The van der Waals surface area contributed by atoms with Crippen LogP contribution in [-0.4, -0.2) is 56.5 Å². The van der Waals surface area contributed by atoms with Gasteiger partial charge in [-0.15, -0.1) is 24.0 Å². The van der Waals surface area contributed by atoms with Crippen molar-refractivity contribution in [3.05, 3.63) is 30.3 Å². The molecule has 0 aliphatic carbocycles. The number of nitrogens with zero attached hydrogens (tertiary/aromatic N) is 3. The number of halogens is 1. The predicted molar refractivity (Wildman–Crippen MR) is 101 cm³/mol. The number of benzene rings is 1. The number of aliphatic imine (C=N–C) groups is 1. The monoisotopic (exact) mass is 417 g/mol. The molecule has 122 valence electrons. The standard InChI is InChI=1S/C15H23N5O.HI/c1-17-15(16)18-8-7-14(21)20-11-9-19(10-12-20)13-5-3-2-4-6-13;/h2-6H,7-12H2,1H3,(H3,16,17,18);1H. The second-order valence-corrected chi connectivity index (χ2v) is 4.99. The molecule has 1 fully saturated rings. The van der Waals surface area contributed by atoms with Gasteiger partial charge in [-0.25, -0.2) is 0 Å². The number of carbonyl (C=O) groups excluding carboxylic acids is 1. The van der Waals surface area contributed by atoms with E-state index in [0.29, 0.717) is 18.9 Å². The van der Waals surface area contributed by atoms with Crippen LogP contribution < -0.4 is 16.0 Å². The molecule has 1 saturated heterocycles. The second-order valence-electron chi connectivity index (χ2n) is 4.99. The van der Waals surface area contributed by atoms with Gasteiger partial charge in [0.15, 0.2) is 5.96 Å². The van der Waals surface area contributed by atoms with Crippen molar-refractivity contribution in [1.82, 2.24) is 10.2 Å². The van der Waals surface area contributed by atoms with Crippen LogP contribution in [0.2, 0.25) is 0 Å². The lowest BCUT2D eigenvalue weighted by Gasteiger charge is -2.36. The number of hydrogen-bond donors (Lipinski definition) is 2. The number of nitrogens with two attached hydrogens (primary N) is 1. The summed E-state index contributed by atoms with van der Waals surface area (Å²) in [5.41, 5.74) is 6.75. The molecule has 2 rings (SSSR count). The summed E-state index contributed by atoms with van der Waals surface area (Å²) < 4.78 is 0. The van der Waals surface area contributed by atoms with Crippen LogP contribution in [0.15, 0.2) is 35.3 Å². The molecule has 0 radical (unpaired) electrons. The third-order valence-electron chi connectivity index (χ3n) is 3.64. The zero-order valence-corrected chi connectivity index (χ0v) is 15.2. The molecule has 1 aliphatic rings. The number of rotatable bonds is 4. The highest BCUT2D eigenvalue weighted by molar-refractivity contribution is 14.0. The van der Waals surface area contributed by atoms with Crippen molar-refractivity contribution in [2.24, 2.45) is 10.7 Å². The van der Waals surface area contributed by atoms with Gasteiger partial charge in [-0.1, -0.05) is 18.2 Å². The van der Waals surface area contributed by atoms with Gasteiger partial charge in [-0.3, -0.25) is 9.79 Å². The van der Waals surface area contributed by atoms with Crippen LogP contribution in [0, 0.1) is 0 Å². The van der Waals surface area contributed by atoms with E-state index in [0.717, 1.165) is 26.2 Å². The van der Waals surface area contributed by atoms with Crippen LogP contribution in [0.5, 0.6) is 0 Å². The SMILES string of the molecule is CN=C(N)NCCC(=O)N1CCN(c2ccccc2)CC1.I. The number of amides is 1. The number of hydrogen-bond acceptors (Lipinski definition) is 3. The molecule has 6 nitrogen and oxygen atoms in total. The summed E-state index contributed by atoms with van der Waals surface area (Å²) in [6.07, 6.45) is 0.446. The first-order valence-electron chi connectivity index (χ1n) is 7.24. The smallest absolute Gasteiger partial charge is 0.224 e. The largest absolute Gasteiger partial charge is 0.370 e. The highest BCUT2D eigenvalue weighted by atomic mass is 127. The van der Waals surface area contributed by atoms with Gasteiger partial charge in [0.2, 0.25) is 5.91 Å². The fraction of sp³-hybridized carbons (Fsp3) is 0.467. The maximum absolute atomic E-state index is 12.1. The number of guanidine groups is 1. The molecule has 3 N–H and O–H groups in total. The predicted octanol–water partition coefficient (Wildman–Crippen LogP) is 0.877. The Hall–Kier alpha value is -1.51. The maximum Gasteiger partial charge on any atom is 0.224 e. The Kier molecular flexibility index (Phi) is 8.00. The normalized spacial score (nSPS) is 15.2. The minimum Gasteiger partial charge on any atom is -0.370 e. The van der Waals surface area contributed by atoms with Gasteiger partial charge >= 0.3 is 0 Å².